The number of aromatic nitrogens is 2. The van der Waals surface area contributed by atoms with Gasteiger partial charge < -0.3 is 0 Å². The molecule has 0 amide bonds. The van der Waals surface area contributed by atoms with Crippen molar-refractivity contribution in [2.24, 2.45) is 0 Å². The zero-order valence-corrected chi connectivity index (χ0v) is 15.1. The fourth-order valence-electron chi connectivity index (χ4n) is 3.00. The lowest BCUT2D eigenvalue weighted by molar-refractivity contribution is 1.16. The number of nitriles is 1. The van der Waals surface area contributed by atoms with Crippen molar-refractivity contribution in [3.8, 4) is 39.7 Å². The summed E-state index contributed by atoms with van der Waals surface area (Å²) >= 11 is 6.17. The lowest BCUT2D eigenvalue weighted by Gasteiger charge is -2.10. The molecule has 4 heteroatoms. The molecule has 0 unspecified atom stereocenters. The zero-order valence-electron chi connectivity index (χ0n) is 14.3. The lowest BCUT2D eigenvalue weighted by atomic mass is 9.99. The van der Waals surface area contributed by atoms with Gasteiger partial charge in [-0.1, -0.05) is 84.9 Å². The quantitative estimate of drug-likeness (QED) is 0.417. The van der Waals surface area contributed by atoms with E-state index in [1.807, 2.05) is 72.8 Å². The first-order valence-electron chi connectivity index (χ1n) is 8.45. The van der Waals surface area contributed by atoms with Crippen LogP contribution >= 0.6 is 11.6 Å². The molecule has 0 bridgehead atoms. The Labute approximate surface area is 162 Å². The molecule has 27 heavy (non-hydrogen) atoms. The van der Waals surface area contributed by atoms with Crippen molar-refractivity contribution in [3.05, 3.63) is 95.8 Å². The van der Waals surface area contributed by atoms with Crippen molar-refractivity contribution >= 4 is 11.6 Å². The number of benzene rings is 3. The van der Waals surface area contributed by atoms with Gasteiger partial charge in [-0.25, -0.2) is 9.97 Å². The van der Waals surface area contributed by atoms with Crippen LogP contribution in [0.1, 0.15) is 5.56 Å². The maximum absolute atomic E-state index is 9.77. The third-order valence-corrected chi connectivity index (χ3v) is 4.48. The van der Waals surface area contributed by atoms with Gasteiger partial charge in [0.05, 0.1) is 11.4 Å². The number of halogens is 1. The molecule has 0 saturated carbocycles. The molecule has 4 aromatic rings. The van der Waals surface area contributed by atoms with Gasteiger partial charge in [0.15, 0.2) is 0 Å². The van der Waals surface area contributed by atoms with E-state index in [1.54, 1.807) is 0 Å². The smallest absolute Gasteiger partial charge is 0.216 e. The fraction of sp³-hybridized carbons (Fsp3) is 0. The molecule has 1 aromatic heterocycles. The molecule has 0 spiro atoms. The third kappa shape index (κ3) is 3.44. The van der Waals surface area contributed by atoms with Crippen LogP contribution in [0.2, 0.25) is 5.28 Å². The summed E-state index contributed by atoms with van der Waals surface area (Å²) < 4.78 is 0. The predicted molar refractivity (Wildman–Crippen MR) is 108 cm³/mol. The van der Waals surface area contributed by atoms with Crippen molar-refractivity contribution in [2.45, 2.75) is 0 Å². The highest BCUT2D eigenvalue weighted by Crippen LogP contribution is 2.31. The maximum atomic E-state index is 9.77. The summed E-state index contributed by atoms with van der Waals surface area (Å²) in [4.78, 5) is 8.63. The average molecular weight is 368 g/mol. The zero-order chi connectivity index (χ0) is 18.6. The standard InChI is InChI=1S/C23H14ClN3/c24-23-26-21(18-9-5-2-6-10-18)20(15-25)22(27-23)19-13-11-17(12-14-19)16-7-3-1-4-8-16/h1-14H. The van der Waals surface area contributed by atoms with Gasteiger partial charge in [-0.3, -0.25) is 0 Å². The lowest BCUT2D eigenvalue weighted by Crippen LogP contribution is -1.98. The highest BCUT2D eigenvalue weighted by Gasteiger charge is 2.16. The van der Waals surface area contributed by atoms with Crippen LogP contribution in [-0.2, 0) is 0 Å². The molecule has 4 rings (SSSR count). The number of hydrogen-bond acceptors (Lipinski definition) is 3. The van der Waals surface area contributed by atoms with Crippen molar-refractivity contribution < 1.29 is 0 Å². The Morgan fingerprint density at radius 2 is 1.00 bits per heavy atom. The molecule has 0 fully saturated rings. The third-order valence-electron chi connectivity index (χ3n) is 4.31. The second-order valence-electron chi connectivity index (χ2n) is 5.99. The summed E-state index contributed by atoms with van der Waals surface area (Å²) in [6, 6.07) is 29.9. The topological polar surface area (TPSA) is 49.6 Å². The molecule has 128 valence electrons. The van der Waals surface area contributed by atoms with Crippen LogP contribution < -0.4 is 0 Å². The van der Waals surface area contributed by atoms with Gasteiger partial charge >= 0.3 is 0 Å². The molecule has 0 aliphatic heterocycles. The van der Waals surface area contributed by atoms with E-state index in [-0.39, 0.29) is 5.28 Å². The van der Waals surface area contributed by atoms with Crippen LogP contribution in [0.4, 0.5) is 0 Å². The molecule has 0 radical (unpaired) electrons. The van der Waals surface area contributed by atoms with Crippen LogP contribution in [0.5, 0.6) is 0 Å². The Morgan fingerprint density at radius 3 is 1.52 bits per heavy atom. The van der Waals surface area contributed by atoms with Crippen molar-refractivity contribution in [3.63, 3.8) is 0 Å². The monoisotopic (exact) mass is 367 g/mol. The first kappa shape index (κ1) is 17.0. The van der Waals surface area contributed by atoms with E-state index in [0.29, 0.717) is 17.0 Å². The summed E-state index contributed by atoms with van der Waals surface area (Å²) in [6.45, 7) is 0. The van der Waals surface area contributed by atoms with Crippen LogP contribution in [0.25, 0.3) is 33.6 Å². The molecule has 3 nitrogen and oxygen atoms in total. The van der Waals surface area contributed by atoms with Crippen molar-refractivity contribution in [1.82, 2.24) is 9.97 Å². The highest BCUT2D eigenvalue weighted by atomic mass is 35.5. The Bertz CT molecular complexity index is 1120. The largest absolute Gasteiger partial charge is 0.223 e. The van der Waals surface area contributed by atoms with Crippen LogP contribution in [0.3, 0.4) is 0 Å². The molecular formula is C23H14ClN3. The van der Waals surface area contributed by atoms with Gasteiger partial charge in [-0.2, -0.15) is 5.26 Å². The van der Waals surface area contributed by atoms with Gasteiger partial charge in [0.2, 0.25) is 5.28 Å². The minimum absolute atomic E-state index is 0.120. The minimum atomic E-state index is 0.120. The predicted octanol–water partition coefficient (Wildman–Crippen LogP) is 6.00. The van der Waals surface area contributed by atoms with Gasteiger partial charge in [0.1, 0.15) is 11.6 Å². The van der Waals surface area contributed by atoms with E-state index in [2.05, 4.69) is 28.2 Å². The van der Waals surface area contributed by atoms with E-state index < -0.39 is 0 Å². The van der Waals surface area contributed by atoms with E-state index in [1.165, 1.54) is 0 Å². The molecule has 1 heterocycles. The summed E-state index contributed by atoms with van der Waals surface area (Å²) in [5.74, 6) is 0. The van der Waals surface area contributed by atoms with Gasteiger partial charge in [-0.15, -0.1) is 0 Å². The second-order valence-corrected chi connectivity index (χ2v) is 6.32. The Hall–Kier alpha value is -3.48. The maximum Gasteiger partial charge on any atom is 0.223 e. The summed E-state index contributed by atoms with van der Waals surface area (Å²) in [6.07, 6.45) is 0. The molecule has 3 aromatic carbocycles. The summed E-state index contributed by atoms with van der Waals surface area (Å²) in [7, 11) is 0. The van der Waals surface area contributed by atoms with E-state index in [9.17, 15) is 5.26 Å². The van der Waals surface area contributed by atoms with Crippen LogP contribution in [-0.4, -0.2) is 9.97 Å². The first-order valence-corrected chi connectivity index (χ1v) is 8.83. The van der Waals surface area contributed by atoms with Gasteiger partial charge in [0, 0.05) is 11.1 Å². The molecular weight excluding hydrogens is 354 g/mol. The van der Waals surface area contributed by atoms with Crippen LogP contribution in [0.15, 0.2) is 84.9 Å². The SMILES string of the molecule is N#Cc1c(-c2ccccc2)nc(Cl)nc1-c1ccc(-c2ccccc2)cc1. The summed E-state index contributed by atoms with van der Waals surface area (Å²) in [5.41, 5.74) is 5.39. The molecule has 0 aliphatic rings. The minimum Gasteiger partial charge on any atom is -0.216 e. The number of hydrogen-bond donors (Lipinski definition) is 0. The van der Waals surface area contributed by atoms with E-state index in [4.69, 9.17) is 11.6 Å². The van der Waals surface area contributed by atoms with Crippen molar-refractivity contribution in [2.75, 3.05) is 0 Å². The average Bonchev–Trinajstić information content (AvgIpc) is 2.74. The fourth-order valence-corrected chi connectivity index (χ4v) is 3.17. The van der Waals surface area contributed by atoms with Crippen molar-refractivity contribution in [1.29, 1.82) is 5.26 Å². The van der Waals surface area contributed by atoms with E-state index >= 15 is 0 Å². The van der Waals surface area contributed by atoms with Gasteiger partial charge in [-0.05, 0) is 22.7 Å². The van der Waals surface area contributed by atoms with Gasteiger partial charge in [0.25, 0.3) is 0 Å². The summed E-state index contributed by atoms with van der Waals surface area (Å²) in [5, 5.41) is 9.89. The molecule has 0 aliphatic carbocycles. The molecule has 0 N–H and O–H groups in total. The molecule has 0 atom stereocenters. The normalized spacial score (nSPS) is 10.4. The molecule has 0 saturated heterocycles. The Kier molecular flexibility index (Phi) is 4.65. The number of nitrogens with zero attached hydrogens (tertiary/aromatic N) is 3. The second kappa shape index (κ2) is 7.41. The highest BCUT2D eigenvalue weighted by molar-refractivity contribution is 6.28. The van der Waals surface area contributed by atoms with Crippen LogP contribution in [0, 0.1) is 11.3 Å². The number of rotatable bonds is 3. The Morgan fingerprint density at radius 1 is 0.593 bits per heavy atom. The first-order chi connectivity index (χ1) is 13.3. The van der Waals surface area contributed by atoms with E-state index in [0.717, 1.165) is 22.3 Å². The Balaban J connectivity index is 1.83.